The van der Waals surface area contributed by atoms with Crippen molar-refractivity contribution in [2.24, 2.45) is 0 Å². The Morgan fingerprint density at radius 3 is 1.21 bits per heavy atom. The molecule has 0 aliphatic rings. The molecule has 4 aromatic rings. The Kier molecular flexibility index (Phi) is 28.5. The van der Waals surface area contributed by atoms with Gasteiger partial charge in [0.25, 0.3) is 10.1 Å². The second kappa shape index (κ2) is 31.9. The van der Waals surface area contributed by atoms with Crippen LogP contribution in [-0.4, -0.2) is 68.8 Å². The number of para-hydroxylation sites is 2. The molecule has 10 nitrogen and oxygen atoms in total. The maximum atomic E-state index is 12.3. The second-order valence-electron chi connectivity index (χ2n) is 16.1. The van der Waals surface area contributed by atoms with E-state index in [0.29, 0.717) is 35.5 Å². The fourth-order valence-corrected chi connectivity index (χ4v) is 9.24. The first-order valence-electron chi connectivity index (χ1n) is 22.9. The zero-order valence-electron chi connectivity index (χ0n) is 37.7. The molecule has 0 heterocycles. The van der Waals surface area contributed by atoms with E-state index >= 15 is 0 Å². The van der Waals surface area contributed by atoms with Crippen molar-refractivity contribution in [2.45, 2.75) is 178 Å². The van der Waals surface area contributed by atoms with E-state index in [2.05, 4.69) is 13.8 Å². The van der Waals surface area contributed by atoms with Crippen LogP contribution in [0.15, 0.2) is 94.7 Å². The van der Waals surface area contributed by atoms with E-state index in [1.165, 1.54) is 121 Å². The summed E-state index contributed by atoms with van der Waals surface area (Å²) in [7, 11) is -9.40. The molecular weight excluding hydrogens is 865 g/mol. The standard InChI is InChI=1S/2C25H36O5S.Ca/c2*1-2-3-4-5-6-7-8-9-10-11-13-16-21-19-20-23(26)24(25(21)31(27,28)29)30-22-17-14-12-15-18-22;/h2*12,14-15,17-20,26H,2-11,13,16H2,1H3,(H,27,28,29);/q;;+2/p-2. The van der Waals surface area contributed by atoms with Gasteiger partial charge < -0.3 is 24.2 Å². The maximum absolute atomic E-state index is 12.3. The average Bonchev–Trinajstić information content (AvgIpc) is 3.24. The van der Waals surface area contributed by atoms with E-state index in [1.807, 2.05) is 0 Å². The molecule has 2 N–H and O–H groups in total. The summed E-state index contributed by atoms with van der Waals surface area (Å²) in [5, 5.41) is 22.5. The van der Waals surface area contributed by atoms with Gasteiger partial charge in [-0.25, -0.2) is 8.42 Å². The molecule has 0 saturated heterocycles. The van der Waals surface area contributed by atoms with Crippen molar-refractivity contribution >= 4 is 58.0 Å². The van der Waals surface area contributed by atoms with Crippen molar-refractivity contribution in [3.63, 3.8) is 0 Å². The van der Waals surface area contributed by atoms with E-state index in [0.717, 1.165) is 38.5 Å². The van der Waals surface area contributed by atoms with Crippen LogP contribution in [-0.2, 0) is 33.1 Å². The molecular formula is C50H70CaO10S2. The molecule has 0 atom stereocenters. The van der Waals surface area contributed by atoms with E-state index < -0.39 is 36.6 Å². The fourth-order valence-electron chi connectivity index (χ4n) is 7.50. The number of ether oxygens (including phenoxy) is 2. The molecule has 344 valence electrons. The van der Waals surface area contributed by atoms with Gasteiger partial charge in [0.05, 0.1) is 4.90 Å². The molecule has 0 radical (unpaired) electrons. The van der Waals surface area contributed by atoms with Gasteiger partial charge in [-0.15, -0.1) is 0 Å². The predicted molar refractivity (Wildman–Crippen MR) is 251 cm³/mol. The molecule has 0 unspecified atom stereocenters. The summed E-state index contributed by atoms with van der Waals surface area (Å²) in [6.07, 6.45) is 27.2. The topological polar surface area (TPSA) is 173 Å². The first-order chi connectivity index (χ1) is 29.9. The van der Waals surface area contributed by atoms with E-state index in [9.17, 15) is 36.2 Å². The van der Waals surface area contributed by atoms with Gasteiger partial charge in [0.2, 0.25) is 0 Å². The zero-order valence-corrected chi connectivity index (χ0v) is 41.6. The molecule has 0 amide bonds. The van der Waals surface area contributed by atoms with Gasteiger partial charge in [-0.1, -0.05) is 203 Å². The molecule has 4 rings (SSSR count). The van der Waals surface area contributed by atoms with Gasteiger partial charge in [-0.2, -0.15) is 8.42 Å². The Balaban J connectivity index is 0.000000427. The number of phenols is 1. The summed E-state index contributed by atoms with van der Waals surface area (Å²) >= 11 is 0. The molecule has 0 aromatic heterocycles. The minimum absolute atomic E-state index is 0. The first-order valence-corrected chi connectivity index (χ1v) is 25.8. The van der Waals surface area contributed by atoms with Gasteiger partial charge in [-0.05, 0) is 67.1 Å². The van der Waals surface area contributed by atoms with Crippen LogP contribution >= 0.6 is 0 Å². The number of phenolic OH excluding ortho intramolecular Hbond substituents is 1. The van der Waals surface area contributed by atoms with Crippen molar-refractivity contribution in [1.29, 1.82) is 0 Å². The molecule has 0 aliphatic heterocycles. The van der Waals surface area contributed by atoms with E-state index in [4.69, 9.17) is 9.47 Å². The number of rotatable bonds is 30. The number of benzene rings is 4. The summed E-state index contributed by atoms with van der Waals surface area (Å²) in [5.74, 6) is -0.859. The van der Waals surface area contributed by atoms with Gasteiger partial charge in [0, 0.05) is 0 Å². The molecule has 4 aromatic carbocycles. The van der Waals surface area contributed by atoms with Crippen LogP contribution in [0, 0.1) is 0 Å². The fraction of sp³-hybridized carbons (Fsp3) is 0.520. The SMILES string of the molecule is CCCCCCCCCCCCCc1ccc(O)c(Oc2ccccc2)c1S(=O)(=O)O.CCCCCCCCCCCCCc1ccc([O-])c(Oc2ccccc2)c1S(=O)(=O)[O-].[Ca+2]. The third kappa shape index (κ3) is 22.3. The van der Waals surface area contributed by atoms with Gasteiger partial charge in [-0.3, -0.25) is 4.55 Å². The van der Waals surface area contributed by atoms with Gasteiger partial charge in [0.15, 0.2) is 11.5 Å². The third-order valence-corrected chi connectivity index (χ3v) is 12.8. The Labute approximate surface area is 408 Å². The average molecular weight is 935 g/mol. The molecule has 0 aliphatic carbocycles. The summed E-state index contributed by atoms with van der Waals surface area (Å²) in [6.45, 7) is 4.45. The number of hydrogen-bond acceptors (Lipinski definition) is 9. The van der Waals surface area contributed by atoms with Crippen molar-refractivity contribution in [3.05, 3.63) is 96.1 Å². The zero-order chi connectivity index (χ0) is 45.1. The summed E-state index contributed by atoms with van der Waals surface area (Å²) < 4.78 is 81.0. The van der Waals surface area contributed by atoms with Crippen molar-refractivity contribution in [2.75, 3.05) is 0 Å². The van der Waals surface area contributed by atoms with Crippen molar-refractivity contribution < 1.29 is 45.6 Å². The first kappa shape index (κ1) is 56.3. The van der Waals surface area contributed by atoms with Crippen LogP contribution in [0.4, 0.5) is 0 Å². The van der Waals surface area contributed by atoms with Crippen LogP contribution in [0.25, 0.3) is 0 Å². The molecule has 0 bridgehead atoms. The van der Waals surface area contributed by atoms with Crippen LogP contribution in [0.1, 0.15) is 166 Å². The quantitative estimate of drug-likeness (QED) is 0.0291. The molecule has 0 spiro atoms. The minimum Gasteiger partial charge on any atom is -0.870 e. The molecule has 13 heteroatoms. The summed E-state index contributed by atoms with van der Waals surface area (Å²) in [6, 6.07) is 22.7. The normalized spacial score (nSPS) is 11.4. The van der Waals surface area contributed by atoms with E-state index in [-0.39, 0.29) is 54.1 Å². The smallest absolute Gasteiger partial charge is 0.870 e. The van der Waals surface area contributed by atoms with Crippen LogP contribution in [0.5, 0.6) is 34.5 Å². The number of aryl methyl sites for hydroxylation is 2. The van der Waals surface area contributed by atoms with Crippen LogP contribution in [0.2, 0.25) is 0 Å². The molecule has 0 saturated carbocycles. The number of unbranched alkanes of at least 4 members (excludes halogenated alkanes) is 20. The van der Waals surface area contributed by atoms with Crippen molar-refractivity contribution in [3.8, 4) is 34.5 Å². The molecule has 63 heavy (non-hydrogen) atoms. The second-order valence-corrected chi connectivity index (χ2v) is 18.8. The summed E-state index contributed by atoms with van der Waals surface area (Å²) in [5.41, 5.74) is 0.818. The van der Waals surface area contributed by atoms with Gasteiger partial charge in [0.1, 0.15) is 32.3 Å². The minimum atomic E-state index is -4.85. The van der Waals surface area contributed by atoms with E-state index in [1.54, 1.807) is 66.7 Å². The van der Waals surface area contributed by atoms with Gasteiger partial charge >= 0.3 is 37.7 Å². The largest absolute Gasteiger partial charge is 2.00 e. The molecule has 0 fully saturated rings. The summed E-state index contributed by atoms with van der Waals surface area (Å²) in [4.78, 5) is -0.862. The Hall–Kier alpha value is -2.84. The number of hydrogen-bond donors (Lipinski definition) is 2. The Morgan fingerprint density at radius 1 is 0.476 bits per heavy atom. The van der Waals surface area contributed by atoms with Crippen LogP contribution in [0.3, 0.4) is 0 Å². The predicted octanol–water partition coefficient (Wildman–Crippen LogP) is 13.2. The maximum Gasteiger partial charge on any atom is 2.00 e. The van der Waals surface area contributed by atoms with Crippen LogP contribution < -0.4 is 14.6 Å². The Bertz CT molecular complexity index is 1910. The Morgan fingerprint density at radius 2 is 0.825 bits per heavy atom. The monoisotopic (exact) mass is 934 g/mol. The van der Waals surface area contributed by atoms with Crippen molar-refractivity contribution in [1.82, 2.24) is 0 Å². The number of aromatic hydroxyl groups is 1. The third-order valence-electron chi connectivity index (χ3n) is 10.9.